The standard InChI is InChI=1S/C13H10N2O3S3/c14-7-11-3-4-13(20-11)21(17,18)15-8-12-6-10(9-19-12)2-1-5-16/h3-4,6,9,15-16H,5,8H2. The molecule has 0 spiro atoms. The van der Waals surface area contributed by atoms with E-state index >= 15 is 0 Å². The molecule has 0 bridgehead atoms. The van der Waals surface area contributed by atoms with E-state index in [1.54, 1.807) is 11.4 Å². The molecule has 2 aromatic heterocycles. The fourth-order valence-corrected chi connectivity index (χ4v) is 4.44. The van der Waals surface area contributed by atoms with Crippen LogP contribution < -0.4 is 4.72 Å². The van der Waals surface area contributed by atoms with E-state index in [4.69, 9.17) is 10.4 Å². The van der Waals surface area contributed by atoms with Gasteiger partial charge in [-0.05, 0) is 18.2 Å². The number of aliphatic hydroxyl groups is 1. The van der Waals surface area contributed by atoms with E-state index < -0.39 is 10.0 Å². The first-order valence-electron chi connectivity index (χ1n) is 5.72. The Bertz CT molecular complexity index is 832. The van der Waals surface area contributed by atoms with Crippen LogP contribution in [0.2, 0.25) is 0 Å². The lowest BCUT2D eigenvalue weighted by Crippen LogP contribution is -2.21. The van der Waals surface area contributed by atoms with Crippen molar-refractivity contribution >= 4 is 32.7 Å². The van der Waals surface area contributed by atoms with E-state index in [0.29, 0.717) is 4.88 Å². The fraction of sp³-hybridized carbons (Fsp3) is 0.154. The molecule has 0 saturated heterocycles. The second kappa shape index (κ2) is 6.85. The Balaban J connectivity index is 2.05. The van der Waals surface area contributed by atoms with E-state index in [-0.39, 0.29) is 17.4 Å². The van der Waals surface area contributed by atoms with Crippen molar-refractivity contribution in [3.8, 4) is 17.9 Å². The van der Waals surface area contributed by atoms with Crippen molar-refractivity contribution in [1.29, 1.82) is 5.26 Å². The SMILES string of the molecule is N#Cc1ccc(S(=O)(=O)NCc2cc(C#CCO)cs2)s1. The van der Waals surface area contributed by atoms with Crippen molar-refractivity contribution in [3.05, 3.63) is 38.9 Å². The number of nitriles is 1. The summed E-state index contributed by atoms with van der Waals surface area (Å²) in [6.07, 6.45) is 0. The molecule has 2 heterocycles. The van der Waals surface area contributed by atoms with Crippen LogP contribution in [-0.2, 0) is 16.6 Å². The van der Waals surface area contributed by atoms with Gasteiger partial charge < -0.3 is 5.11 Å². The zero-order valence-electron chi connectivity index (χ0n) is 10.7. The Morgan fingerprint density at radius 3 is 2.86 bits per heavy atom. The predicted molar refractivity (Wildman–Crippen MR) is 81.3 cm³/mol. The second-order valence-corrected chi connectivity index (χ2v) is 7.89. The zero-order chi connectivity index (χ0) is 15.3. The van der Waals surface area contributed by atoms with Gasteiger partial charge in [-0.15, -0.1) is 22.7 Å². The summed E-state index contributed by atoms with van der Waals surface area (Å²) in [6.45, 7) is -0.0506. The topological polar surface area (TPSA) is 90.2 Å². The number of thiophene rings is 2. The molecule has 0 aromatic carbocycles. The van der Waals surface area contributed by atoms with Gasteiger partial charge in [0.2, 0.25) is 10.0 Å². The van der Waals surface area contributed by atoms with Crippen LogP contribution in [0, 0.1) is 23.2 Å². The summed E-state index contributed by atoms with van der Waals surface area (Å²) in [7, 11) is -3.61. The van der Waals surface area contributed by atoms with Gasteiger partial charge in [0.25, 0.3) is 0 Å². The molecule has 0 aliphatic heterocycles. The van der Waals surface area contributed by atoms with Crippen molar-refractivity contribution in [2.75, 3.05) is 6.61 Å². The molecule has 0 unspecified atom stereocenters. The Kier molecular flexibility index (Phi) is 5.12. The van der Waals surface area contributed by atoms with Crippen LogP contribution >= 0.6 is 22.7 Å². The van der Waals surface area contributed by atoms with E-state index in [0.717, 1.165) is 21.8 Å². The Hall–Kier alpha value is -1.68. The van der Waals surface area contributed by atoms with Gasteiger partial charge in [0.1, 0.15) is 21.8 Å². The van der Waals surface area contributed by atoms with Crippen molar-refractivity contribution in [1.82, 2.24) is 4.72 Å². The van der Waals surface area contributed by atoms with Gasteiger partial charge in [0.05, 0.1) is 0 Å². The molecule has 5 nitrogen and oxygen atoms in total. The maximum Gasteiger partial charge on any atom is 0.250 e. The van der Waals surface area contributed by atoms with Crippen LogP contribution in [0.15, 0.2) is 27.8 Å². The zero-order valence-corrected chi connectivity index (χ0v) is 13.1. The smallest absolute Gasteiger partial charge is 0.250 e. The van der Waals surface area contributed by atoms with E-state index in [2.05, 4.69) is 16.6 Å². The third-order valence-electron chi connectivity index (χ3n) is 2.36. The molecule has 0 saturated carbocycles. The Morgan fingerprint density at radius 2 is 2.19 bits per heavy atom. The Labute approximate surface area is 130 Å². The number of hydrogen-bond acceptors (Lipinski definition) is 6. The molecular weight excluding hydrogens is 328 g/mol. The number of nitrogens with one attached hydrogen (secondary N) is 1. The third kappa shape index (κ3) is 4.14. The number of aliphatic hydroxyl groups excluding tert-OH is 1. The molecular formula is C13H10N2O3S3. The molecule has 0 aliphatic rings. The second-order valence-electron chi connectivity index (χ2n) is 3.82. The maximum atomic E-state index is 12.0. The van der Waals surface area contributed by atoms with Crippen molar-refractivity contribution in [2.24, 2.45) is 0 Å². The summed E-state index contributed by atoms with van der Waals surface area (Å²) in [5.74, 6) is 5.28. The highest BCUT2D eigenvalue weighted by Gasteiger charge is 2.16. The fourth-order valence-electron chi connectivity index (χ4n) is 1.44. The van der Waals surface area contributed by atoms with E-state index in [9.17, 15) is 8.42 Å². The Morgan fingerprint density at radius 1 is 1.38 bits per heavy atom. The molecule has 0 amide bonds. The number of hydrogen-bond donors (Lipinski definition) is 2. The van der Waals surface area contributed by atoms with Crippen LogP contribution in [-0.4, -0.2) is 20.1 Å². The first-order valence-corrected chi connectivity index (χ1v) is 8.90. The summed E-state index contributed by atoms with van der Waals surface area (Å²) in [4.78, 5) is 1.17. The van der Waals surface area contributed by atoms with Gasteiger partial charge in [-0.1, -0.05) is 11.8 Å². The van der Waals surface area contributed by atoms with E-state index in [1.807, 2.05) is 6.07 Å². The summed E-state index contributed by atoms with van der Waals surface area (Å²) in [5, 5.41) is 19.1. The maximum absolute atomic E-state index is 12.0. The molecule has 2 N–H and O–H groups in total. The van der Waals surface area contributed by atoms with Gasteiger partial charge >= 0.3 is 0 Å². The quantitative estimate of drug-likeness (QED) is 0.827. The van der Waals surface area contributed by atoms with Crippen LogP contribution in [0.25, 0.3) is 0 Å². The molecule has 8 heteroatoms. The molecule has 0 atom stereocenters. The monoisotopic (exact) mass is 338 g/mol. The number of sulfonamides is 1. The molecule has 2 rings (SSSR count). The van der Waals surface area contributed by atoms with Crippen molar-refractivity contribution in [2.45, 2.75) is 10.8 Å². The average Bonchev–Trinajstić information content (AvgIpc) is 3.12. The summed E-state index contributed by atoms with van der Waals surface area (Å²) in [6, 6.07) is 6.57. The van der Waals surface area contributed by atoms with E-state index in [1.165, 1.54) is 23.5 Å². The number of rotatable bonds is 4. The lowest BCUT2D eigenvalue weighted by Gasteiger charge is -2.02. The third-order valence-corrected chi connectivity index (χ3v) is 6.18. The normalized spacial score (nSPS) is 10.7. The first kappa shape index (κ1) is 15.7. The molecule has 21 heavy (non-hydrogen) atoms. The first-order chi connectivity index (χ1) is 10.0. The minimum atomic E-state index is -3.61. The summed E-state index contributed by atoms with van der Waals surface area (Å²) in [5.41, 5.74) is 0.742. The molecule has 108 valence electrons. The highest BCUT2D eigenvalue weighted by Crippen LogP contribution is 2.21. The minimum Gasteiger partial charge on any atom is -0.384 e. The van der Waals surface area contributed by atoms with Crippen LogP contribution in [0.1, 0.15) is 15.3 Å². The van der Waals surface area contributed by atoms with Gasteiger partial charge in [-0.2, -0.15) is 5.26 Å². The van der Waals surface area contributed by atoms with Crippen LogP contribution in [0.5, 0.6) is 0 Å². The van der Waals surface area contributed by atoms with Crippen molar-refractivity contribution < 1.29 is 13.5 Å². The summed E-state index contributed by atoms with van der Waals surface area (Å²) >= 11 is 2.32. The minimum absolute atomic E-state index is 0.121. The van der Waals surface area contributed by atoms with Gasteiger partial charge in [0, 0.05) is 22.4 Å². The van der Waals surface area contributed by atoms with Gasteiger partial charge in [0.15, 0.2) is 0 Å². The van der Waals surface area contributed by atoms with Gasteiger partial charge in [-0.25, -0.2) is 13.1 Å². The van der Waals surface area contributed by atoms with Crippen LogP contribution in [0.3, 0.4) is 0 Å². The molecule has 0 radical (unpaired) electrons. The lowest BCUT2D eigenvalue weighted by atomic mass is 10.3. The van der Waals surface area contributed by atoms with Gasteiger partial charge in [-0.3, -0.25) is 0 Å². The largest absolute Gasteiger partial charge is 0.384 e. The highest BCUT2D eigenvalue weighted by atomic mass is 32.2. The molecule has 2 aromatic rings. The lowest BCUT2D eigenvalue weighted by molar-refractivity contribution is 0.350. The molecule has 0 aliphatic carbocycles. The predicted octanol–water partition coefficient (Wildman–Crippen LogP) is 1.50. The average molecular weight is 338 g/mol. The molecule has 0 fully saturated rings. The summed E-state index contributed by atoms with van der Waals surface area (Å²) < 4.78 is 26.7. The van der Waals surface area contributed by atoms with Crippen LogP contribution in [0.4, 0.5) is 0 Å². The number of nitrogens with zero attached hydrogens (tertiary/aromatic N) is 1. The van der Waals surface area contributed by atoms with Crippen molar-refractivity contribution in [3.63, 3.8) is 0 Å². The highest BCUT2D eigenvalue weighted by molar-refractivity contribution is 7.91.